The number of carbonyl (C=O) groups is 2. The monoisotopic (exact) mass is 328 g/mol. The van der Waals surface area contributed by atoms with Crippen molar-refractivity contribution in [3.63, 3.8) is 0 Å². The van der Waals surface area contributed by atoms with Crippen LogP contribution in [-0.4, -0.2) is 57.8 Å². The number of nitrogens with zero attached hydrogens (tertiary/aromatic N) is 4. The maximum Gasteiger partial charge on any atom is 0.274 e. The van der Waals surface area contributed by atoms with E-state index in [0.717, 1.165) is 0 Å². The molecule has 124 valence electrons. The molecule has 0 aliphatic carbocycles. The van der Waals surface area contributed by atoms with Crippen molar-refractivity contribution in [2.45, 2.75) is 6.42 Å². The quantitative estimate of drug-likeness (QED) is 0.847. The molecule has 0 bridgehead atoms. The fourth-order valence-electron chi connectivity index (χ4n) is 2.65. The first-order valence-electron chi connectivity index (χ1n) is 7.71. The van der Waals surface area contributed by atoms with Crippen molar-refractivity contribution >= 4 is 11.8 Å². The lowest BCUT2D eigenvalue weighted by atomic mass is 10.1. The Bertz CT molecular complexity index is 730. The molecule has 1 aliphatic rings. The highest BCUT2D eigenvalue weighted by Gasteiger charge is 2.25. The first-order valence-corrected chi connectivity index (χ1v) is 7.71. The molecule has 0 unspecified atom stereocenters. The molecule has 1 fully saturated rings. The van der Waals surface area contributed by atoms with Gasteiger partial charge in [-0.3, -0.25) is 14.6 Å². The van der Waals surface area contributed by atoms with Gasteiger partial charge in [-0.05, 0) is 11.6 Å². The molecule has 0 N–H and O–H groups in total. The number of carbonyl (C=O) groups excluding carboxylic acids is 2. The molecule has 3 rings (SSSR count). The first kappa shape index (κ1) is 16.0. The molecule has 1 saturated heterocycles. The second-order valence-electron chi connectivity index (χ2n) is 5.53. The van der Waals surface area contributed by atoms with Gasteiger partial charge in [-0.25, -0.2) is 9.37 Å². The van der Waals surface area contributed by atoms with Gasteiger partial charge in [0.05, 0.1) is 12.6 Å². The maximum atomic E-state index is 13.6. The van der Waals surface area contributed by atoms with E-state index in [1.807, 2.05) is 0 Å². The van der Waals surface area contributed by atoms with E-state index in [4.69, 9.17) is 0 Å². The molecule has 1 aromatic carbocycles. The van der Waals surface area contributed by atoms with Crippen LogP contribution in [0.4, 0.5) is 4.39 Å². The molecule has 0 radical (unpaired) electrons. The summed E-state index contributed by atoms with van der Waals surface area (Å²) in [6.45, 7) is 1.72. The number of halogens is 1. The van der Waals surface area contributed by atoms with Crippen LogP contribution < -0.4 is 0 Å². The highest BCUT2D eigenvalue weighted by Crippen LogP contribution is 2.11. The fourth-order valence-corrected chi connectivity index (χ4v) is 2.65. The molecule has 0 saturated carbocycles. The van der Waals surface area contributed by atoms with E-state index in [0.29, 0.717) is 37.4 Å². The molecular formula is C17H17FN4O2. The van der Waals surface area contributed by atoms with E-state index in [2.05, 4.69) is 9.97 Å². The molecule has 2 heterocycles. The summed E-state index contributed by atoms with van der Waals surface area (Å²) in [5.74, 6) is -0.696. The fraction of sp³-hybridized carbons (Fsp3) is 0.294. The molecule has 7 heteroatoms. The molecule has 2 aromatic rings. The van der Waals surface area contributed by atoms with Crippen LogP contribution in [0, 0.1) is 5.82 Å². The number of aromatic nitrogens is 2. The van der Waals surface area contributed by atoms with Gasteiger partial charge in [0.25, 0.3) is 5.91 Å². The van der Waals surface area contributed by atoms with Crippen molar-refractivity contribution < 1.29 is 14.0 Å². The molecule has 0 atom stereocenters. The minimum Gasteiger partial charge on any atom is -0.339 e. The average Bonchev–Trinajstić information content (AvgIpc) is 2.64. The van der Waals surface area contributed by atoms with Gasteiger partial charge in [0, 0.05) is 38.6 Å². The molecule has 1 aromatic heterocycles. The second-order valence-corrected chi connectivity index (χ2v) is 5.53. The van der Waals surface area contributed by atoms with Crippen molar-refractivity contribution in [2.24, 2.45) is 0 Å². The standard InChI is InChI=1S/C17H17FN4O2/c18-14-4-2-1-3-13(14)11-16(23)21-7-9-22(10-8-21)17(24)15-12-19-5-6-20-15/h1-6,12H,7-11H2. The van der Waals surface area contributed by atoms with Gasteiger partial charge in [-0.1, -0.05) is 18.2 Å². The van der Waals surface area contributed by atoms with Crippen molar-refractivity contribution in [3.8, 4) is 0 Å². The van der Waals surface area contributed by atoms with Crippen LogP contribution in [0.15, 0.2) is 42.9 Å². The van der Waals surface area contributed by atoms with Gasteiger partial charge in [0.15, 0.2) is 0 Å². The Hall–Kier alpha value is -2.83. The third-order valence-corrected chi connectivity index (χ3v) is 4.00. The highest BCUT2D eigenvalue weighted by atomic mass is 19.1. The zero-order valence-corrected chi connectivity index (χ0v) is 13.1. The number of hydrogen-bond donors (Lipinski definition) is 0. The van der Waals surface area contributed by atoms with Crippen LogP contribution in [0.1, 0.15) is 16.1 Å². The topological polar surface area (TPSA) is 66.4 Å². The van der Waals surface area contributed by atoms with Gasteiger partial charge in [-0.2, -0.15) is 0 Å². The third kappa shape index (κ3) is 3.56. The summed E-state index contributed by atoms with van der Waals surface area (Å²) >= 11 is 0. The summed E-state index contributed by atoms with van der Waals surface area (Å²) in [7, 11) is 0. The lowest BCUT2D eigenvalue weighted by Crippen LogP contribution is -2.51. The van der Waals surface area contributed by atoms with Crippen LogP contribution in [0.25, 0.3) is 0 Å². The van der Waals surface area contributed by atoms with E-state index in [9.17, 15) is 14.0 Å². The molecule has 24 heavy (non-hydrogen) atoms. The van der Waals surface area contributed by atoms with Crippen LogP contribution in [0.3, 0.4) is 0 Å². The number of piperazine rings is 1. The first-order chi connectivity index (χ1) is 11.6. The smallest absolute Gasteiger partial charge is 0.274 e. The lowest BCUT2D eigenvalue weighted by molar-refractivity contribution is -0.132. The third-order valence-electron chi connectivity index (χ3n) is 4.00. The van der Waals surface area contributed by atoms with Gasteiger partial charge >= 0.3 is 0 Å². The van der Waals surface area contributed by atoms with Crippen molar-refractivity contribution in [1.29, 1.82) is 0 Å². The summed E-state index contributed by atoms with van der Waals surface area (Å²) in [4.78, 5) is 35.8. The van der Waals surface area contributed by atoms with Gasteiger partial charge in [-0.15, -0.1) is 0 Å². The second kappa shape index (κ2) is 7.16. The predicted molar refractivity (Wildman–Crippen MR) is 84.6 cm³/mol. The van der Waals surface area contributed by atoms with Crippen molar-refractivity contribution in [1.82, 2.24) is 19.8 Å². The zero-order chi connectivity index (χ0) is 16.9. The summed E-state index contributed by atoms with van der Waals surface area (Å²) in [6.07, 6.45) is 4.44. The Labute approximate surface area is 138 Å². The molecule has 2 amide bonds. The Kier molecular flexibility index (Phi) is 4.79. The average molecular weight is 328 g/mol. The van der Waals surface area contributed by atoms with Gasteiger partial charge in [0.2, 0.25) is 5.91 Å². The number of amides is 2. The Balaban J connectivity index is 1.56. The summed E-state index contributed by atoms with van der Waals surface area (Å²) < 4.78 is 13.6. The normalized spacial score (nSPS) is 14.5. The van der Waals surface area contributed by atoms with Gasteiger partial charge in [0.1, 0.15) is 11.5 Å². The summed E-state index contributed by atoms with van der Waals surface area (Å²) in [5, 5.41) is 0. The van der Waals surface area contributed by atoms with Crippen LogP contribution in [-0.2, 0) is 11.2 Å². The van der Waals surface area contributed by atoms with Crippen molar-refractivity contribution in [3.05, 3.63) is 59.9 Å². The Morgan fingerprint density at radius 3 is 2.42 bits per heavy atom. The Morgan fingerprint density at radius 2 is 1.75 bits per heavy atom. The maximum absolute atomic E-state index is 13.6. The van der Waals surface area contributed by atoms with E-state index in [1.54, 1.807) is 28.0 Å². The number of benzene rings is 1. The van der Waals surface area contributed by atoms with Crippen LogP contribution >= 0.6 is 0 Å². The van der Waals surface area contributed by atoms with Crippen molar-refractivity contribution in [2.75, 3.05) is 26.2 Å². The summed E-state index contributed by atoms with van der Waals surface area (Å²) in [6, 6.07) is 6.27. The Morgan fingerprint density at radius 1 is 1.04 bits per heavy atom. The summed E-state index contributed by atoms with van der Waals surface area (Å²) in [5.41, 5.74) is 0.684. The van der Waals surface area contributed by atoms with E-state index < -0.39 is 0 Å². The number of hydrogen-bond acceptors (Lipinski definition) is 4. The van der Waals surface area contributed by atoms with E-state index in [1.165, 1.54) is 24.7 Å². The predicted octanol–water partition coefficient (Wildman–Crippen LogP) is 1.14. The van der Waals surface area contributed by atoms with E-state index in [-0.39, 0.29) is 24.1 Å². The van der Waals surface area contributed by atoms with Crippen LogP contribution in [0.2, 0.25) is 0 Å². The zero-order valence-electron chi connectivity index (χ0n) is 13.1. The van der Waals surface area contributed by atoms with Gasteiger partial charge < -0.3 is 9.80 Å². The van der Waals surface area contributed by atoms with E-state index >= 15 is 0 Å². The van der Waals surface area contributed by atoms with Crippen LogP contribution in [0.5, 0.6) is 0 Å². The molecular weight excluding hydrogens is 311 g/mol. The highest BCUT2D eigenvalue weighted by molar-refractivity contribution is 5.92. The minimum absolute atomic E-state index is 0.0325. The largest absolute Gasteiger partial charge is 0.339 e. The lowest BCUT2D eigenvalue weighted by Gasteiger charge is -2.34. The molecule has 6 nitrogen and oxygen atoms in total. The number of rotatable bonds is 3. The molecule has 1 aliphatic heterocycles. The minimum atomic E-state index is -0.373. The molecule has 0 spiro atoms. The SMILES string of the molecule is O=C(Cc1ccccc1F)N1CCN(C(=O)c2cnccn2)CC1.